The van der Waals surface area contributed by atoms with Crippen LogP contribution in [0.25, 0.3) is 22.3 Å². The SMILES string of the molecule is CCCCCCCN1C(=O)C(=Cc2cn(-c3ccccc3)nc2-c2cccs2)SC1=S. The van der Waals surface area contributed by atoms with Crippen molar-refractivity contribution >= 4 is 51.6 Å². The summed E-state index contributed by atoms with van der Waals surface area (Å²) in [5.74, 6) is 0.00934. The van der Waals surface area contributed by atoms with Gasteiger partial charge in [0, 0.05) is 18.3 Å². The molecule has 1 aromatic carbocycles. The Kier molecular flexibility index (Phi) is 7.37. The smallest absolute Gasteiger partial charge is 0.266 e. The Morgan fingerprint density at radius 3 is 2.61 bits per heavy atom. The minimum Gasteiger partial charge on any atom is -0.293 e. The number of thiocarbonyl (C=S) groups is 1. The molecule has 7 heteroatoms. The summed E-state index contributed by atoms with van der Waals surface area (Å²) in [5, 5.41) is 6.86. The largest absolute Gasteiger partial charge is 0.293 e. The Morgan fingerprint density at radius 1 is 1.06 bits per heavy atom. The lowest BCUT2D eigenvalue weighted by atomic mass is 10.1. The van der Waals surface area contributed by atoms with Crippen LogP contribution in [0.5, 0.6) is 0 Å². The number of benzene rings is 1. The van der Waals surface area contributed by atoms with Crippen LogP contribution in [0.3, 0.4) is 0 Å². The number of nitrogens with zero attached hydrogens (tertiary/aromatic N) is 3. The number of carbonyl (C=O) groups is 1. The van der Waals surface area contributed by atoms with E-state index in [4.69, 9.17) is 17.3 Å². The minimum atomic E-state index is 0.00934. The lowest BCUT2D eigenvalue weighted by Gasteiger charge is -2.13. The molecule has 0 spiro atoms. The molecule has 31 heavy (non-hydrogen) atoms. The molecular weight excluding hydrogens is 442 g/mol. The van der Waals surface area contributed by atoms with E-state index >= 15 is 0 Å². The first-order chi connectivity index (χ1) is 15.2. The highest BCUT2D eigenvalue weighted by molar-refractivity contribution is 8.26. The predicted molar refractivity (Wildman–Crippen MR) is 136 cm³/mol. The van der Waals surface area contributed by atoms with Crippen LogP contribution in [0, 0.1) is 0 Å². The summed E-state index contributed by atoms with van der Waals surface area (Å²) in [6.45, 7) is 2.91. The van der Waals surface area contributed by atoms with Gasteiger partial charge >= 0.3 is 0 Å². The fraction of sp³-hybridized carbons (Fsp3) is 0.292. The third kappa shape index (κ3) is 5.17. The first-order valence-corrected chi connectivity index (χ1v) is 12.7. The molecule has 4 rings (SSSR count). The predicted octanol–water partition coefficient (Wildman–Crippen LogP) is 6.77. The number of rotatable bonds is 9. The number of carbonyl (C=O) groups excluding carboxylic acids is 1. The maximum atomic E-state index is 13.0. The summed E-state index contributed by atoms with van der Waals surface area (Å²) < 4.78 is 2.52. The van der Waals surface area contributed by atoms with Crippen molar-refractivity contribution in [2.24, 2.45) is 0 Å². The monoisotopic (exact) mass is 467 g/mol. The van der Waals surface area contributed by atoms with Crippen LogP contribution < -0.4 is 0 Å². The Labute approximate surface area is 197 Å². The van der Waals surface area contributed by atoms with E-state index in [1.54, 1.807) is 16.2 Å². The Hall–Kier alpha value is -2.22. The highest BCUT2D eigenvalue weighted by atomic mass is 32.2. The van der Waals surface area contributed by atoms with E-state index in [1.807, 2.05) is 58.7 Å². The maximum Gasteiger partial charge on any atom is 0.266 e. The van der Waals surface area contributed by atoms with Gasteiger partial charge in [-0.25, -0.2) is 4.68 Å². The van der Waals surface area contributed by atoms with Crippen molar-refractivity contribution in [1.29, 1.82) is 0 Å². The van der Waals surface area contributed by atoms with E-state index in [0.29, 0.717) is 15.8 Å². The van der Waals surface area contributed by atoms with Crippen molar-refractivity contribution in [3.8, 4) is 16.3 Å². The first kappa shape index (κ1) is 22.0. The summed E-state index contributed by atoms with van der Waals surface area (Å²) in [6, 6.07) is 14.1. The van der Waals surface area contributed by atoms with Crippen molar-refractivity contribution < 1.29 is 4.79 Å². The molecule has 1 saturated heterocycles. The van der Waals surface area contributed by atoms with Crippen molar-refractivity contribution in [3.63, 3.8) is 0 Å². The molecule has 4 nitrogen and oxygen atoms in total. The van der Waals surface area contributed by atoms with Gasteiger partial charge in [-0.05, 0) is 36.1 Å². The zero-order valence-corrected chi connectivity index (χ0v) is 19.9. The number of para-hydroxylation sites is 1. The fourth-order valence-electron chi connectivity index (χ4n) is 3.52. The zero-order chi connectivity index (χ0) is 21.6. The van der Waals surface area contributed by atoms with E-state index in [1.165, 1.54) is 31.0 Å². The number of unbranched alkanes of at least 4 members (excludes halogenated alkanes) is 4. The second kappa shape index (κ2) is 10.4. The second-order valence-electron chi connectivity index (χ2n) is 7.44. The van der Waals surface area contributed by atoms with Crippen LogP contribution in [-0.2, 0) is 4.79 Å². The minimum absolute atomic E-state index is 0.00934. The van der Waals surface area contributed by atoms with Crippen LogP contribution in [0.1, 0.15) is 44.6 Å². The molecule has 1 fully saturated rings. The van der Waals surface area contributed by atoms with Gasteiger partial charge in [-0.1, -0.05) is 80.9 Å². The summed E-state index contributed by atoms with van der Waals surface area (Å²) in [6.07, 6.45) is 9.73. The van der Waals surface area contributed by atoms with Crippen molar-refractivity contribution in [2.45, 2.75) is 39.0 Å². The third-order valence-electron chi connectivity index (χ3n) is 5.16. The topological polar surface area (TPSA) is 38.1 Å². The van der Waals surface area contributed by atoms with Crippen LogP contribution in [0.2, 0.25) is 0 Å². The zero-order valence-electron chi connectivity index (χ0n) is 17.5. The molecule has 3 aromatic rings. The highest BCUT2D eigenvalue weighted by Crippen LogP contribution is 2.36. The molecule has 0 saturated carbocycles. The van der Waals surface area contributed by atoms with Gasteiger partial charge in [-0.3, -0.25) is 9.69 Å². The van der Waals surface area contributed by atoms with Crippen LogP contribution in [-0.4, -0.2) is 31.5 Å². The fourth-order valence-corrected chi connectivity index (χ4v) is 5.55. The molecule has 0 unspecified atom stereocenters. The molecular formula is C24H25N3OS3. The highest BCUT2D eigenvalue weighted by Gasteiger charge is 2.32. The van der Waals surface area contributed by atoms with Gasteiger partial charge in [0.1, 0.15) is 10.0 Å². The maximum absolute atomic E-state index is 13.0. The second-order valence-corrected chi connectivity index (χ2v) is 10.1. The molecule has 1 aliphatic heterocycles. The Bertz CT molecular complexity index is 1070. The van der Waals surface area contributed by atoms with E-state index in [9.17, 15) is 4.79 Å². The lowest BCUT2D eigenvalue weighted by Crippen LogP contribution is -2.29. The van der Waals surface area contributed by atoms with E-state index in [0.717, 1.165) is 34.7 Å². The number of thiophene rings is 1. The summed E-state index contributed by atoms with van der Waals surface area (Å²) in [7, 11) is 0. The Balaban J connectivity index is 1.58. The average molecular weight is 468 g/mol. The van der Waals surface area contributed by atoms with Crippen molar-refractivity contribution in [3.05, 3.63) is 64.5 Å². The molecule has 0 aliphatic carbocycles. The third-order valence-corrected chi connectivity index (χ3v) is 7.42. The molecule has 0 atom stereocenters. The molecule has 1 amide bonds. The van der Waals surface area contributed by atoms with Gasteiger partial charge < -0.3 is 0 Å². The Morgan fingerprint density at radius 2 is 1.87 bits per heavy atom. The van der Waals surface area contributed by atoms with Crippen LogP contribution >= 0.6 is 35.3 Å². The molecule has 2 aromatic heterocycles. The van der Waals surface area contributed by atoms with E-state index in [2.05, 4.69) is 13.0 Å². The van der Waals surface area contributed by atoms with E-state index in [-0.39, 0.29) is 5.91 Å². The van der Waals surface area contributed by atoms with Gasteiger partial charge in [-0.2, -0.15) is 5.10 Å². The van der Waals surface area contributed by atoms with Gasteiger partial charge in [-0.15, -0.1) is 11.3 Å². The normalized spacial score (nSPS) is 15.4. The van der Waals surface area contributed by atoms with E-state index < -0.39 is 0 Å². The van der Waals surface area contributed by atoms with Gasteiger partial charge in [0.25, 0.3) is 5.91 Å². The summed E-state index contributed by atoms with van der Waals surface area (Å²) >= 11 is 8.55. The number of thioether (sulfide) groups is 1. The van der Waals surface area contributed by atoms with Gasteiger partial charge in [0.2, 0.25) is 0 Å². The molecule has 1 aliphatic rings. The molecule has 3 heterocycles. The summed E-state index contributed by atoms with van der Waals surface area (Å²) in [5.41, 5.74) is 2.79. The molecule has 160 valence electrons. The average Bonchev–Trinajstić information content (AvgIpc) is 3.50. The number of hydrogen-bond acceptors (Lipinski definition) is 5. The van der Waals surface area contributed by atoms with Crippen molar-refractivity contribution in [2.75, 3.05) is 6.54 Å². The van der Waals surface area contributed by atoms with Crippen LogP contribution in [0.15, 0.2) is 58.9 Å². The summed E-state index contributed by atoms with van der Waals surface area (Å²) in [4.78, 5) is 16.5. The molecule has 0 radical (unpaired) electrons. The standard InChI is InChI=1S/C24H25N3OS3/c1-2-3-4-5-9-14-26-23(28)21(31-24(26)29)16-18-17-27(19-11-7-6-8-12-19)25-22(18)20-13-10-15-30-20/h6-8,10-13,15-17H,2-5,9,14H2,1H3. The molecule has 0 bridgehead atoms. The van der Waals surface area contributed by atoms with Gasteiger partial charge in [0.15, 0.2) is 0 Å². The first-order valence-electron chi connectivity index (χ1n) is 10.6. The van der Waals surface area contributed by atoms with Crippen LogP contribution in [0.4, 0.5) is 0 Å². The number of aromatic nitrogens is 2. The molecule has 0 N–H and O–H groups in total. The van der Waals surface area contributed by atoms with Gasteiger partial charge in [0.05, 0.1) is 15.5 Å². The lowest BCUT2D eigenvalue weighted by molar-refractivity contribution is -0.122. The van der Waals surface area contributed by atoms with Crippen molar-refractivity contribution in [1.82, 2.24) is 14.7 Å². The number of hydrogen-bond donors (Lipinski definition) is 0. The number of amides is 1. The quantitative estimate of drug-likeness (QED) is 0.198.